The Morgan fingerprint density at radius 1 is 1.33 bits per heavy atom. The molecule has 5 nitrogen and oxygen atoms in total. The number of piperidine rings is 1. The first-order valence-corrected chi connectivity index (χ1v) is 9.26. The van der Waals surface area contributed by atoms with Crippen LogP contribution in [0.1, 0.15) is 21.7 Å². The normalized spacial score (nSPS) is 24.6. The van der Waals surface area contributed by atoms with Crippen molar-refractivity contribution in [3.8, 4) is 0 Å². The lowest BCUT2D eigenvalue weighted by Crippen LogP contribution is -2.60. The van der Waals surface area contributed by atoms with Crippen LogP contribution in [-0.2, 0) is 11.3 Å². The van der Waals surface area contributed by atoms with Crippen LogP contribution < -0.4 is 0 Å². The van der Waals surface area contributed by atoms with Crippen molar-refractivity contribution in [3.63, 3.8) is 0 Å². The Balaban J connectivity index is 1.48. The summed E-state index contributed by atoms with van der Waals surface area (Å²) in [6, 6.07) is 8.18. The Morgan fingerprint density at radius 2 is 2.29 bits per heavy atom. The monoisotopic (exact) mass is 343 g/mol. The Hall–Kier alpha value is -1.76. The number of nitrogens with zero attached hydrogens (tertiary/aromatic N) is 3. The molecule has 6 heteroatoms. The van der Waals surface area contributed by atoms with Gasteiger partial charge in [0.1, 0.15) is 0 Å². The number of rotatable bonds is 3. The number of amides is 1. The van der Waals surface area contributed by atoms with Gasteiger partial charge in [0, 0.05) is 38.6 Å². The van der Waals surface area contributed by atoms with Gasteiger partial charge in [-0.05, 0) is 29.5 Å². The SMILES string of the molecule is O=C(c1cccs1)N1CC[C@@H]2OCCN(Cc3cccnc3)[C@@H]2C1. The lowest BCUT2D eigenvalue weighted by Gasteiger charge is -2.47. The van der Waals surface area contributed by atoms with Crippen molar-refractivity contribution in [1.29, 1.82) is 0 Å². The summed E-state index contributed by atoms with van der Waals surface area (Å²) in [6.07, 6.45) is 4.85. The van der Waals surface area contributed by atoms with Gasteiger partial charge in [-0.2, -0.15) is 0 Å². The summed E-state index contributed by atoms with van der Waals surface area (Å²) in [5, 5.41) is 1.96. The Bertz CT molecular complexity index is 677. The maximum Gasteiger partial charge on any atom is 0.263 e. The van der Waals surface area contributed by atoms with Crippen molar-refractivity contribution >= 4 is 17.2 Å². The zero-order chi connectivity index (χ0) is 16.4. The summed E-state index contributed by atoms with van der Waals surface area (Å²) in [5.41, 5.74) is 1.21. The molecule has 2 aromatic heterocycles. The van der Waals surface area contributed by atoms with Gasteiger partial charge in [-0.25, -0.2) is 0 Å². The van der Waals surface area contributed by atoms with Crippen molar-refractivity contribution < 1.29 is 9.53 Å². The van der Waals surface area contributed by atoms with Gasteiger partial charge in [0.15, 0.2) is 0 Å². The summed E-state index contributed by atoms with van der Waals surface area (Å²) >= 11 is 1.51. The van der Waals surface area contributed by atoms with E-state index in [1.165, 1.54) is 16.9 Å². The third-order valence-electron chi connectivity index (χ3n) is 4.83. The van der Waals surface area contributed by atoms with Gasteiger partial charge in [0.2, 0.25) is 0 Å². The number of pyridine rings is 1. The Morgan fingerprint density at radius 3 is 3.08 bits per heavy atom. The molecule has 0 saturated carbocycles. The number of likely N-dealkylation sites (tertiary alicyclic amines) is 1. The number of hydrogen-bond acceptors (Lipinski definition) is 5. The van der Waals surface area contributed by atoms with E-state index in [0.29, 0.717) is 0 Å². The van der Waals surface area contributed by atoms with Crippen LogP contribution in [0.25, 0.3) is 0 Å². The highest BCUT2D eigenvalue weighted by atomic mass is 32.1. The van der Waals surface area contributed by atoms with Crippen LogP contribution in [0, 0.1) is 0 Å². The molecular weight excluding hydrogens is 322 g/mol. The van der Waals surface area contributed by atoms with Crippen molar-refractivity contribution in [3.05, 3.63) is 52.5 Å². The highest BCUT2D eigenvalue weighted by Gasteiger charge is 2.38. The van der Waals surface area contributed by atoms with Crippen molar-refractivity contribution in [1.82, 2.24) is 14.8 Å². The number of ether oxygens (including phenoxy) is 1. The van der Waals surface area contributed by atoms with E-state index >= 15 is 0 Å². The Labute approximate surface area is 145 Å². The van der Waals surface area contributed by atoms with Crippen LogP contribution in [0.4, 0.5) is 0 Å². The fourth-order valence-electron chi connectivity index (χ4n) is 3.61. The number of carbonyl (C=O) groups excluding carboxylic acids is 1. The van der Waals surface area contributed by atoms with Gasteiger partial charge in [-0.15, -0.1) is 11.3 Å². The van der Waals surface area contributed by atoms with Crippen LogP contribution in [-0.4, -0.2) is 59.1 Å². The molecule has 4 heterocycles. The van der Waals surface area contributed by atoms with E-state index in [2.05, 4.69) is 16.0 Å². The van der Waals surface area contributed by atoms with Crippen LogP contribution in [0.2, 0.25) is 0 Å². The number of hydrogen-bond donors (Lipinski definition) is 0. The third kappa shape index (κ3) is 3.22. The minimum absolute atomic E-state index is 0.148. The van der Waals surface area contributed by atoms with E-state index in [1.807, 2.05) is 34.7 Å². The molecule has 0 aliphatic carbocycles. The largest absolute Gasteiger partial charge is 0.375 e. The minimum Gasteiger partial charge on any atom is -0.375 e. The van der Waals surface area contributed by atoms with E-state index in [4.69, 9.17) is 4.74 Å². The zero-order valence-corrected chi connectivity index (χ0v) is 14.3. The first-order valence-electron chi connectivity index (χ1n) is 8.38. The van der Waals surface area contributed by atoms with Gasteiger partial charge in [-0.1, -0.05) is 12.1 Å². The summed E-state index contributed by atoms with van der Waals surface area (Å²) in [5.74, 6) is 0.148. The highest BCUT2D eigenvalue weighted by Crippen LogP contribution is 2.26. The summed E-state index contributed by atoms with van der Waals surface area (Å²) in [6.45, 7) is 4.04. The average molecular weight is 343 g/mol. The summed E-state index contributed by atoms with van der Waals surface area (Å²) in [7, 11) is 0. The molecule has 2 aliphatic heterocycles. The van der Waals surface area contributed by atoms with Crippen molar-refractivity contribution in [2.24, 2.45) is 0 Å². The van der Waals surface area contributed by atoms with Gasteiger partial charge >= 0.3 is 0 Å². The second kappa shape index (κ2) is 7.01. The summed E-state index contributed by atoms with van der Waals surface area (Å²) in [4.78, 5) is 22.1. The second-order valence-corrected chi connectivity index (χ2v) is 7.27. The van der Waals surface area contributed by atoms with E-state index in [9.17, 15) is 4.79 Å². The zero-order valence-electron chi connectivity index (χ0n) is 13.5. The maximum atomic E-state index is 12.7. The molecule has 2 saturated heterocycles. The predicted molar refractivity (Wildman–Crippen MR) is 93.0 cm³/mol. The van der Waals surface area contributed by atoms with E-state index in [-0.39, 0.29) is 18.1 Å². The van der Waals surface area contributed by atoms with Crippen molar-refractivity contribution in [2.45, 2.75) is 25.1 Å². The fourth-order valence-corrected chi connectivity index (χ4v) is 4.30. The second-order valence-electron chi connectivity index (χ2n) is 6.33. The molecule has 0 aromatic carbocycles. The van der Waals surface area contributed by atoms with Gasteiger partial charge in [0.25, 0.3) is 5.91 Å². The number of aromatic nitrogens is 1. The number of fused-ring (bicyclic) bond motifs is 1. The van der Waals surface area contributed by atoms with E-state index < -0.39 is 0 Å². The van der Waals surface area contributed by atoms with Gasteiger partial charge < -0.3 is 9.64 Å². The molecule has 0 N–H and O–H groups in total. The first-order chi connectivity index (χ1) is 11.8. The smallest absolute Gasteiger partial charge is 0.263 e. The Kier molecular flexibility index (Phi) is 4.60. The van der Waals surface area contributed by atoms with Crippen LogP contribution >= 0.6 is 11.3 Å². The lowest BCUT2D eigenvalue weighted by molar-refractivity contribution is -0.101. The minimum atomic E-state index is 0.148. The first kappa shape index (κ1) is 15.7. The standard InChI is InChI=1S/C18H21N3O2S/c22-18(17-4-2-10-24-17)21-7-5-16-15(13-21)20(8-9-23-16)12-14-3-1-6-19-11-14/h1-4,6,10-11,15-16H,5,7-9,12-13H2/t15-,16+/m1/s1. The molecule has 1 amide bonds. The van der Waals surface area contributed by atoms with E-state index in [0.717, 1.165) is 44.1 Å². The molecule has 2 aliphatic rings. The van der Waals surface area contributed by atoms with Crippen LogP contribution in [0.3, 0.4) is 0 Å². The van der Waals surface area contributed by atoms with Gasteiger partial charge in [0.05, 0.1) is 23.6 Å². The molecule has 2 fully saturated rings. The molecule has 0 bridgehead atoms. The predicted octanol–water partition coefficient (Wildman–Crippen LogP) is 2.26. The molecule has 4 rings (SSSR count). The maximum absolute atomic E-state index is 12.7. The lowest BCUT2D eigenvalue weighted by atomic mass is 9.98. The molecule has 2 atom stereocenters. The highest BCUT2D eigenvalue weighted by molar-refractivity contribution is 7.12. The number of thiophene rings is 1. The summed E-state index contributed by atoms with van der Waals surface area (Å²) < 4.78 is 5.98. The van der Waals surface area contributed by atoms with Crippen LogP contribution in [0.5, 0.6) is 0 Å². The average Bonchev–Trinajstić information content (AvgIpc) is 3.17. The molecule has 2 aromatic rings. The topological polar surface area (TPSA) is 45.7 Å². The molecule has 0 spiro atoms. The van der Waals surface area contributed by atoms with Gasteiger partial charge in [-0.3, -0.25) is 14.7 Å². The molecule has 24 heavy (non-hydrogen) atoms. The number of carbonyl (C=O) groups is 1. The molecule has 126 valence electrons. The van der Waals surface area contributed by atoms with E-state index in [1.54, 1.807) is 6.20 Å². The fraction of sp³-hybridized carbons (Fsp3) is 0.444. The number of morpholine rings is 1. The quantitative estimate of drug-likeness (QED) is 0.858. The third-order valence-corrected chi connectivity index (χ3v) is 5.69. The molecular formula is C18H21N3O2S. The molecule has 0 radical (unpaired) electrons. The van der Waals surface area contributed by atoms with Crippen molar-refractivity contribution in [2.75, 3.05) is 26.2 Å². The van der Waals surface area contributed by atoms with Crippen LogP contribution in [0.15, 0.2) is 42.0 Å². The molecule has 0 unspecified atom stereocenters.